The number of nitro groups is 1. The summed E-state index contributed by atoms with van der Waals surface area (Å²) in [6.07, 6.45) is 0. The summed E-state index contributed by atoms with van der Waals surface area (Å²) in [5.74, 6) is -0.00300. The van der Waals surface area contributed by atoms with Crippen LogP contribution in [0, 0.1) is 17.0 Å². The molecule has 9 heteroatoms. The van der Waals surface area contributed by atoms with Crippen molar-refractivity contribution in [3.05, 3.63) is 46.1 Å². The third kappa shape index (κ3) is 4.56. The van der Waals surface area contributed by atoms with Gasteiger partial charge in [0, 0.05) is 18.7 Å². The molecule has 0 bridgehead atoms. The van der Waals surface area contributed by atoms with Crippen molar-refractivity contribution in [1.29, 1.82) is 0 Å². The predicted molar refractivity (Wildman–Crippen MR) is 89.3 cm³/mol. The average Bonchev–Trinajstić information content (AvgIpc) is 2.60. The number of ether oxygens (including phenoxy) is 3. The number of methoxy groups -OCH3 is 2. The van der Waals surface area contributed by atoms with E-state index in [9.17, 15) is 14.9 Å². The lowest BCUT2D eigenvalue weighted by Gasteiger charge is -2.11. The van der Waals surface area contributed by atoms with E-state index in [1.807, 2.05) is 0 Å². The molecule has 1 heterocycles. The number of aryl methyl sites for hydroxylation is 1. The van der Waals surface area contributed by atoms with Gasteiger partial charge in [-0.2, -0.15) is 0 Å². The van der Waals surface area contributed by atoms with Gasteiger partial charge in [-0.05, 0) is 34.2 Å². The second kappa shape index (κ2) is 7.95. The van der Waals surface area contributed by atoms with Crippen LogP contribution in [0.3, 0.4) is 0 Å². The summed E-state index contributed by atoms with van der Waals surface area (Å²) in [6, 6.07) is 7.84. The Balaban J connectivity index is 2.03. The van der Waals surface area contributed by atoms with E-state index in [0.29, 0.717) is 22.9 Å². The SMILES string of the molecule is COc1ccc(NC(=O)COc2ccc(C)nc2[N+](=O)[O-])cc1OC. The molecule has 0 atom stereocenters. The number of pyridine rings is 1. The van der Waals surface area contributed by atoms with Gasteiger partial charge in [0.2, 0.25) is 5.75 Å². The van der Waals surface area contributed by atoms with Gasteiger partial charge in [-0.3, -0.25) is 4.79 Å². The molecule has 0 saturated carbocycles. The molecule has 132 valence electrons. The zero-order chi connectivity index (χ0) is 18.4. The molecule has 0 saturated heterocycles. The molecule has 1 N–H and O–H groups in total. The fourth-order valence-electron chi connectivity index (χ4n) is 2.03. The Morgan fingerprint density at radius 3 is 2.48 bits per heavy atom. The monoisotopic (exact) mass is 347 g/mol. The maximum Gasteiger partial charge on any atom is 0.406 e. The number of carbonyl (C=O) groups is 1. The first-order valence-electron chi connectivity index (χ1n) is 7.21. The Hall–Kier alpha value is -3.36. The number of carbonyl (C=O) groups excluding carboxylic acids is 1. The highest BCUT2D eigenvalue weighted by Gasteiger charge is 2.18. The van der Waals surface area contributed by atoms with Gasteiger partial charge in [0.15, 0.2) is 18.1 Å². The first kappa shape index (κ1) is 18.0. The predicted octanol–water partition coefficient (Wildman–Crippen LogP) is 2.33. The van der Waals surface area contributed by atoms with Gasteiger partial charge >= 0.3 is 5.82 Å². The van der Waals surface area contributed by atoms with Crippen LogP contribution in [0.2, 0.25) is 0 Å². The molecular weight excluding hydrogens is 330 g/mol. The normalized spacial score (nSPS) is 10.0. The van der Waals surface area contributed by atoms with Crippen molar-refractivity contribution >= 4 is 17.4 Å². The molecule has 1 aromatic heterocycles. The molecule has 9 nitrogen and oxygen atoms in total. The largest absolute Gasteiger partial charge is 0.493 e. The lowest BCUT2D eigenvalue weighted by atomic mass is 10.2. The molecule has 2 aromatic rings. The van der Waals surface area contributed by atoms with Gasteiger partial charge in [-0.15, -0.1) is 0 Å². The van der Waals surface area contributed by atoms with Crippen molar-refractivity contribution in [3.8, 4) is 17.2 Å². The van der Waals surface area contributed by atoms with Crippen LogP contribution in [0.4, 0.5) is 11.5 Å². The van der Waals surface area contributed by atoms with Crippen LogP contribution in [0.25, 0.3) is 0 Å². The quantitative estimate of drug-likeness (QED) is 0.604. The number of benzene rings is 1. The Bertz CT molecular complexity index is 793. The van der Waals surface area contributed by atoms with Gasteiger partial charge in [0.1, 0.15) is 5.69 Å². The summed E-state index contributed by atoms with van der Waals surface area (Å²) < 4.78 is 15.5. The Kier molecular flexibility index (Phi) is 5.72. The third-order valence-corrected chi connectivity index (χ3v) is 3.18. The summed E-state index contributed by atoms with van der Waals surface area (Å²) >= 11 is 0. The van der Waals surface area contributed by atoms with Crippen molar-refractivity contribution in [1.82, 2.24) is 4.98 Å². The maximum atomic E-state index is 12.0. The highest BCUT2D eigenvalue weighted by Crippen LogP contribution is 2.29. The van der Waals surface area contributed by atoms with Crippen LogP contribution >= 0.6 is 0 Å². The van der Waals surface area contributed by atoms with Crippen molar-refractivity contribution < 1.29 is 23.9 Å². The molecule has 0 radical (unpaired) electrons. The van der Waals surface area contributed by atoms with E-state index in [4.69, 9.17) is 14.2 Å². The molecule has 1 amide bonds. The van der Waals surface area contributed by atoms with E-state index >= 15 is 0 Å². The Morgan fingerprint density at radius 1 is 1.16 bits per heavy atom. The van der Waals surface area contributed by atoms with Crippen molar-refractivity contribution in [2.75, 3.05) is 26.1 Å². The Morgan fingerprint density at radius 2 is 1.84 bits per heavy atom. The van der Waals surface area contributed by atoms with Crippen molar-refractivity contribution in [2.24, 2.45) is 0 Å². The van der Waals surface area contributed by atoms with Gasteiger partial charge in [-0.25, -0.2) is 0 Å². The highest BCUT2D eigenvalue weighted by atomic mass is 16.6. The molecule has 0 aliphatic carbocycles. The van der Waals surface area contributed by atoms with E-state index in [2.05, 4.69) is 10.3 Å². The zero-order valence-corrected chi connectivity index (χ0v) is 13.9. The lowest BCUT2D eigenvalue weighted by Crippen LogP contribution is -2.20. The minimum absolute atomic E-state index is 0.0712. The smallest absolute Gasteiger partial charge is 0.406 e. The minimum atomic E-state index is -0.658. The summed E-state index contributed by atoms with van der Waals surface area (Å²) in [5, 5.41) is 13.6. The topological polar surface area (TPSA) is 113 Å². The standard InChI is InChI=1S/C16H17N3O6/c1-10-4-6-13(16(17-10)19(21)22)25-9-15(20)18-11-5-7-12(23-2)14(8-11)24-3/h4-8H,9H2,1-3H3,(H,18,20). The summed E-state index contributed by atoms with van der Waals surface area (Å²) in [7, 11) is 2.99. The van der Waals surface area contributed by atoms with E-state index < -0.39 is 23.3 Å². The second-order valence-electron chi connectivity index (χ2n) is 4.94. The van der Waals surface area contributed by atoms with Gasteiger partial charge in [0.25, 0.3) is 5.91 Å². The average molecular weight is 347 g/mol. The number of rotatable bonds is 7. The fraction of sp³-hybridized carbons (Fsp3) is 0.250. The highest BCUT2D eigenvalue weighted by molar-refractivity contribution is 5.92. The molecule has 2 rings (SSSR count). The van der Waals surface area contributed by atoms with E-state index in [1.54, 1.807) is 31.2 Å². The second-order valence-corrected chi connectivity index (χ2v) is 4.94. The number of hydrogen-bond acceptors (Lipinski definition) is 7. The van der Waals surface area contributed by atoms with Crippen LogP contribution < -0.4 is 19.5 Å². The molecule has 0 fully saturated rings. The fourth-order valence-corrected chi connectivity index (χ4v) is 2.03. The lowest BCUT2D eigenvalue weighted by molar-refractivity contribution is -0.390. The first-order valence-corrected chi connectivity index (χ1v) is 7.21. The molecule has 0 aliphatic heterocycles. The molecule has 0 spiro atoms. The molecule has 1 aromatic carbocycles. The summed E-state index contributed by atoms with van der Waals surface area (Å²) in [5.41, 5.74) is 0.955. The molecular formula is C16H17N3O6. The minimum Gasteiger partial charge on any atom is -0.493 e. The number of nitrogens with zero attached hydrogens (tertiary/aromatic N) is 2. The number of amides is 1. The van der Waals surface area contributed by atoms with Crippen LogP contribution in [0.1, 0.15) is 5.69 Å². The van der Waals surface area contributed by atoms with Gasteiger partial charge in [0.05, 0.1) is 14.2 Å². The van der Waals surface area contributed by atoms with Gasteiger partial charge < -0.3 is 29.6 Å². The summed E-state index contributed by atoms with van der Waals surface area (Å²) in [6.45, 7) is 1.22. The zero-order valence-electron chi connectivity index (χ0n) is 13.9. The number of nitrogens with one attached hydrogen (secondary N) is 1. The number of aromatic nitrogens is 1. The molecule has 0 aliphatic rings. The number of anilines is 1. The number of hydrogen-bond donors (Lipinski definition) is 1. The molecule has 25 heavy (non-hydrogen) atoms. The van der Waals surface area contributed by atoms with Crippen LogP contribution in [-0.2, 0) is 4.79 Å². The van der Waals surface area contributed by atoms with Crippen LogP contribution in [0.15, 0.2) is 30.3 Å². The third-order valence-electron chi connectivity index (χ3n) is 3.18. The van der Waals surface area contributed by atoms with E-state index in [0.717, 1.165) is 0 Å². The van der Waals surface area contributed by atoms with E-state index in [1.165, 1.54) is 20.3 Å². The van der Waals surface area contributed by atoms with Crippen molar-refractivity contribution in [2.45, 2.75) is 6.92 Å². The van der Waals surface area contributed by atoms with Crippen molar-refractivity contribution in [3.63, 3.8) is 0 Å². The van der Waals surface area contributed by atoms with Crippen LogP contribution in [-0.4, -0.2) is 36.6 Å². The van der Waals surface area contributed by atoms with Gasteiger partial charge in [-0.1, -0.05) is 0 Å². The summed E-state index contributed by atoms with van der Waals surface area (Å²) in [4.78, 5) is 26.1. The Labute approximate surface area is 143 Å². The molecule has 0 unspecified atom stereocenters. The maximum absolute atomic E-state index is 12.0. The van der Waals surface area contributed by atoms with E-state index in [-0.39, 0.29) is 5.75 Å². The first-order chi connectivity index (χ1) is 11.9. The van der Waals surface area contributed by atoms with Crippen LogP contribution in [0.5, 0.6) is 17.2 Å².